The molecule has 0 saturated carbocycles. The van der Waals surface area contributed by atoms with Crippen LogP contribution in [0.5, 0.6) is 11.5 Å². The number of rotatable bonds is 9. The van der Waals surface area contributed by atoms with Crippen molar-refractivity contribution in [3.05, 3.63) is 59.7 Å². The maximum atomic E-state index is 13.0. The maximum absolute atomic E-state index is 13.0. The van der Waals surface area contributed by atoms with Crippen LogP contribution in [0.3, 0.4) is 0 Å². The van der Waals surface area contributed by atoms with E-state index in [0.29, 0.717) is 37.7 Å². The molecule has 0 unspecified atom stereocenters. The van der Waals surface area contributed by atoms with Crippen LogP contribution in [-0.2, 0) is 10.2 Å². The van der Waals surface area contributed by atoms with Crippen LogP contribution in [0.1, 0.15) is 28.8 Å². The van der Waals surface area contributed by atoms with Crippen molar-refractivity contribution in [2.24, 2.45) is 0 Å². The number of hydrogen-bond acceptors (Lipinski definition) is 5. The second-order valence-electron chi connectivity index (χ2n) is 7.95. The Kier molecular flexibility index (Phi) is 7.71. The summed E-state index contributed by atoms with van der Waals surface area (Å²) in [4.78, 5) is 15.1. The Morgan fingerprint density at radius 1 is 1.10 bits per heavy atom. The van der Waals surface area contributed by atoms with Crippen molar-refractivity contribution < 1.29 is 19.0 Å². The molecule has 0 spiro atoms. The largest absolute Gasteiger partial charge is 0.497 e. The zero-order valence-electron chi connectivity index (χ0n) is 18.1. The first-order chi connectivity index (χ1) is 14.5. The molecule has 1 N–H and O–H groups in total. The summed E-state index contributed by atoms with van der Waals surface area (Å²) in [5.41, 5.74) is 1.61. The van der Waals surface area contributed by atoms with Crippen LogP contribution in [0.4, 0.5) is 0 Å². The van der Waals surface area contributed by atoms with Gasteiger partial charge in [0.1, 0.15) is 18.1 Å². The summed E-state index contributed by atoms with van der Waals surface area (Å²) in [7, 11) is 5.65. The van der Waals surface area contributed by atoms with E-state index in [-0.39, 0.29) is 11.3 Å². The van der Waals surface area contributed by atoms with Crippen molar-refractivity contribution in [3.63, 3.8) is 0 Å². The third-order valence-corrected chi connectivity index (χ3v) is 5.67. The molecular formula is C24H32N2O4. The molecule has 0 aromatic heterocycles. The number of nitrogens with zero attached hydrogens (tertiary/aromatic N) is 1. The molecule has 0 bridgehead atoms. The van der Waals surface area contributed by atoms with Crippen LogP contribution in [0.15, 0.2) is 48.5 Å². The lowest BCUT2D eigenvalue weighted by molar-refractivity contribution is 0.0486. The van der Waals surface area contributed by atoms with Crippen molar-refractivity contribution in [1.82, 2.24) is 10.2 Å². The van der Waals surface area contributed by atoms with E-state index in [1.54, 1.807) is 7.11 Å². The highest BCUT2D eigenvalue weighted by atomic mass is 16.5. The van der Waals surface area contributed by atoms with Gasteiger partial charge in [0, 0.05) is 31.7 Å². The molecule has 1 fully saturated rings. The molecule has 1 amide bonds. The van der Waals surface area contributed by atoms with E-state index in [0.717, 1.165) is 25.1 Å². The number of para-hydroxylation sites is 1. The van der Waals surface area contributed by atoms with E-state index in [2.05, 4.69) is 17.4 Å². The number of amides is 1. The van der Waals surface area contributed by atoms with Crippen molar-refractivity contribution >= 4 is 5.91 Å². The molecule has 2 aromatic rings. The van der Waals surface area contributed by atoms with Gasteiger partial charge >= 0.3 is 0 Å². The van der Waals surface area contributed by atoms with Gasteiger partial charge in [-0.3, -0.25) is 4.79 Å². The van der Waals surface area contributed by atoms with E-state index in [1.165, 1.54) is 5.56 Å². The zero-order chi connectivity index (χ0) is 21.4. The topological polar surface area (TPSA) is 60.0 Å². The first-order valence-electron chi connectivity index (χ1n) is 10.4. The summed E-state index contributed by atoms with van der Waals surface area (Å²) in [6, 6.07) is 15.5. The number of benzene rings is 2. The second-order valence-corrected chi connectivity index (χ2v) is 7.95. The fourth-order valence-electron chi connectivity index (χ4n) is 3.74. The predicted molar refractivity (Wildman–Crippen MR) is 118 cm³/mol. The predicted octanol–water partition coefficient (Wildman–Crippen LogP) is 3.11. The highest BCUT2D eigenvalue weighted by Gasteiger charge is 2.35. The van der Waals surface area contributed by atoms with Gasteiger partial charge in [-0.1, -0.05) is 24.3 Å². The summed E-state index contributed by atoms with van der Waals surface area (Å²) in [5, 5.41) is 3.16. The summed E-state index contributed by atoms with van der Waals surface area (Å²) >= 11 is 0. The fraction of sp³-hybridized carbons (Fsp3) is 0.458. The summed E-state index contributed by atoms with van der Waals surface area (Å²) in [6.07, 6.45) is 1.72. The maximum Gasteiger partial charge on any atom is 0.255 e. The molecular weight excluding hydrogens is 380 g/mol. The number of hydrogen-bond donors (Lipinski definition) is 1. The van der Waals surface area contributed by atoms with E-state index >= 15 is 0 Å². The van der Waals surface area contributed by atoms with Crippen LogP contribution in [-0.4, -0.2) is 64.9 Å². The molecule has 0 atom stereocenters. The Balaban J connectivity index is 1.72. The van der Waals surface area contributed by atoms with Gasteiger partial charge in [0.2, 0.25) is 0 Å². The highest BCUT2D eigenvalue weighted by molar-refractivity contribution is 5.97. The highest BCUT2D eigenvalue weighted by Crippen LogP contribution is 2.35. The smallest absolute Gasteiger partial charge is 0.255 e. The van der Waals surface area contributed by atoms with Crippen LogP contribution < -0.4 is 14.8 Å². The van der Waals surface area contributed by atoms with Gasteiger partial charge in [0.05, 0.1) is 12.7 Å². The molecule has 1 aliphatic heterocycles. The van der Waals surface area contributed by atoms with Gasteiger partial charge in [-0.2, -0.15) is 0 Å². The van der Waals surface area contributed by atoms with Gasteiger partial charge in [-0.15, -0.1) is 0 Å². The Morgan fingerprint density at radius 2 is 1.80 bits per heavy atom. The van der Waals surface area contributed by atoms with Crippen molar-refractivity contribution in [2.75, 3.05) is 54.1 Å². The molecule has 162 valence electrons. The molecule has 0 radical (unpaired) electrons. The van der Waals surface area contributed by atoms with E-state index in [9.17, 15) is 4.79 Å². The molecule has 6 nitrogen and oxygen atoms in total. The SMILES string of the molecule is COc1ccc(C2(CNC(=O)c3ccccc3OCCN(C)C)CCOCC2)cc1. The lowest BCUT2D eigenvalue weighted by Crippen LogP contribution is -2.44. The van der Waals surface area contributed by atoms with Gasteiger partial charge in [0.25, 0.3) is 5.91 Å². The van der Waals surface area contributed by atoms with Gasteiger partial charge in [-0.05, 0) is 56.8 Å². The Labute approximate surface area is 179 Å². The normalized spacial score (nSPS) is 15.6. The number of methoxy groups -OCH3 is 1. The zero-order valence-corrected chi connectivity index (χ0v) is 18.1. The van der Waals surface area contributed by atoms with Crippen molar-refractivity contribution in [1.29, 1.82) is 0 Å². The minimum atomic E-state index is -0.152. The molecule has 3 rings (SSSR count). The summed E-state index contributed by atoms with van der Waals surface area (Å²) in [6.45, 7) is 3.24. The summed E-state index contributed by atoms with van der Waals surface area (Å²) < 4.78 is 16.8. The standard InChI is InChI=1S/C24H32N2O4/c1-26(2)14-17-30-22-7-5-4-6-21(22)23(27)25-18-24(12-15-29-16-13-24)19-8-10-20(28-3)11-9-19/h4-11H,12-18H2,1-3H3,(H,25,27). The number of carbonyl (C=O) groups excluding carboxylic acids is 1. The van der Waals surface area contributed by atoms with Gasteiger partial charge < -0.3 is 24.4 Å². The lowest BCUT2D eigenvalue weighted by atomic mass is 9.74. The second kappa shape index (κ2) is 10.5. The van der Waals surface area contributed by atoms with Crippen LogP contribution in [0, 0.1) is 0 Å². The average molecular weight is 413 g/mol. The van der Waals surface area contributed by atoms with Crippen molar-refractivity contribution in [3.8, 4) is 11.5 Å². The average Bonchev–Trinajstić information content (AvgIpc) is 2.78. The minimum Gasteiger partial charge on any atom is -0.497 e. The monoisotopic (exact) mass is 412 g/mol. The first-order valence-corrected chi connectivity index (χ1v) is 10.4. The number of nitrogens with one attached hydrogen (secondary N) is 1. The van der Waals surface area contributed by atoms with Crippen LogP contribution >= 0.6 is 0 Å². The first kappa shape index (κ1) is 22.1. The van der Waals surface area contributed by atoms with Crippen LogP contribution in [0.25, 0.3) is 0 Å². The third-order valence-electron chi connectivity index (χ3n) is 5.67. The van der Waals surface area contributed by atoms with E-state index in [4.69, 9.17) is 14.2 Å². The molecule has 30 heavy (non-hydrogen) atoms. The third kappa shape index (κ3) is 5.52. The Morgan fingerprint density at radius 3 is 2.47 bits per heavy atom. The Hall–Kier alpha value is -2.57. The fourth-order valence-corrected chi connectivity index (χ4v) is 3.74. The van der Waals surface area contributed by atoms with Crippen LogP contribution in [0.2, 0.25) is 0 Å². The number of ether oxygens (including phenoxy) is 3. The van der Waals surface area contributed by atoms with E-state index < -0.39 is 0 Å². The molecule has 1 saturated heterocycles. The minimum absolute atomic E-state index is 0.116. The molecule has 1 aliphatic rings. The molecule has 2 aromatic carbocycles. The summed E-state index contributed by atoms with van der Waals surface area (Å²) in [5.74, 6) is 1.32. The quantitative estimate of drug-likeness (QED) is 0.686. The molecule has 1 heterocycles. The van der Waals surface area contributed by atoms with Gasteiger partial charge in [0.15, 0.2) is 0 Å². The van der Waals surface area contributed by atoms with Crippen molar-refractivity contribution in [2.45, 2.75) is 18.3 Å². The number of likely N-dealkylation sites (N-methyl/N-ethyl adjacent to an activating group) is 1. The lowest BCUT2D eigenvalue weighted by Gasteiger charge is -2.38. The van der Waals surface area contributed by atoms with E-state index in [1.807, 2.05) is 55.4 Å². The number of carbonyl (C=O) groups is 1. The molecule has 0 aliphatic carbocycles. The molecule has 6 heteroatoms. The van der Waals surface area contributed by atoms with Gasteiger partial charge in [-0.25, -0.2) is 0 Å². The Bertz CT molecular complexity index is 814.